The normalized spacial score (nSPS) is 11.9. The Morgan fingerprint density at radius 1 is 1.20 bits per heavy atom. The quantitative estimate of drug-likeness (QED) is 0.376. The molecule has 0 rings (SSSR count). The molecule has 0 aromatic heterocycles. The van der Waals surface area contributed by atoms with Crippen molar-refractivity contribution in [1.29, 1.82) is 0 Å². The molecule has 86 valence electrons. The molecule has 0 aromatic rings. The van der Waals surface area contributed by atoms with Crippen molar-refractivity contribution in [2.24, 2.45) is 5.92 Å². The fraction of sp³-hybridized carbons (Fsp3) is 0.615. The van der Waals surface area contributed by atoms with E-state index < -0.39 is 5.97 Å². The van der Waals surface area contributed by atoms with Gasteiger partial charge in [0.2, 0.25) is 0 Å². The van der Waals surface area contributed by atoms with Crippen LogP contribution < -0.4 is 0 Å². The van der Waals surface area contributed by atoms with Crippen LogP contribution in [0.25, 0.3) is 0 Å². The number of rotatable bonds is 8. The van der Waals surface area contributed by atoms with Gasteiger partial charge in [0.25, 0.3) is 0 Å². The lowest BCUT2D eigenvalue weighted by Crippen LogP contribution is -1.86. The van der Waals surface area contributed by atoms with E-state index in [4.69, 9.17) is 5.11 Å². The molecule has 0 fully saturated rings. The molecule has 0 amide bonds. The summed E-state index contributed by atoms with van der Waals surface area (Å²) in [6.45, 7) is 4.49. The Morgan fingerprint density at radius 3 is 2.53 bits per heavy atom. The smallest absolute Gasteiger partial charge is 0.328 e. The third kappa shape index (κ3) is 12.9. The molecule has 0 saturated carbocycles. The molecule has 2 nitrogen and oxygen atoms in total. The lowest BCUT2D eigenvalue weighted by atomic mass is 10.0. The fourth-order valence-corrected chi connectivity index (χ4v) is 1.30. The maximum absolute atomic E-state index is 10.1. The SMILES string of the molecule is CC(C)CCCCCC=CC=CC(=O)O. The van der Waals surface area contributed by atoms with Gasteiger partial charge in [-0.25, -0.2) is 4.79 Å². The van der Waals surface area contributed by atoms with Gasteiger partial charge in [-0.3, -0.25) is 0 Å². The number of carboxylic acids is 1. The first-order chi connectivity index (χ1) is 7.13. The topological polar surface area (TPSA) is 37.3 Å². The van der Waals surface area contributed by atoms with E-state index in [0.717, 1.165) is 18.4 Å². The van der Waals surface area contributed by atoms with Crippen LogP contribution in [-0.2, 0) is 4.79 Å². The first kappa shape index (κ1) is 13.9. The summed E-state index contributed by atoms with van der Waals surface area (Å²) < 4.78 is 0. The largest absolute Gasteiger partial charge is 0.478 e. The Labute approximate surface area is 92.7 Å². The summed E-state index contributed by atoms with van der Waals surface area (Å²) in [5.74, 6) is -0.0874. The zero-order chi connectivity index (χ0) is 11.5. The molecule has 0 aliphatic rings. The Bertz CT molecular complexity index is 215. The summed E-state index contributed by atoms with van der Waals surface area (Å²) in [5.41, 5.74) is 0. The van der Waals surface area contributed by atoms with E-state index in [1.54, 1.807) is 12.2 Å². The molecule has 1 N–H and O–H groups in total. The minimum Gasteiger partial charge on any atom is -0.478 e. The predicted molar refractivity (Wildman–Crippen MR) is 63.8 cm³/mol. The fourth-order valence-electron chi connectivity index (χ4n) is 1.30. The van der Waals surface area contributed by atoms with Crippen LogP contribution in [-0.4, -0.2) is 11.1 Å². The molecule has 15 heavy (non-hydrogen) atoms. The van der Waals surface area contributed by atoms with Gasteiger partial charge in [-0.2, -0.15) is 0 Å². The second kappa shape index (κ2) is 9.50. The second-order valence-electron chi connectivity index (χ2n) is 4.16. The molecule has 0 aliphatic carbocycles. The third-order valence-electron chi connectivity index (χ3n) is 2.14. The van der Waals surface area contributed by atoms with Crippen LogP contribution in [0.15, 0.2) is 24.3 Å². The first-order valence-electron chi connectivity index (χ1n) is 5.69. The van der Waals surface area contributed by atoms with E-state index in [9.17, 15) is 4.79 Å². The molecule has 0 atom stereocenters. The monoisotopic (exact) mass is 210 g/mol. The molecular formula is C13H22O2. The summed E-state index contributed by atoms with van der Waals surface area (Å²) in [7, 11) is 0. The molecule has 0 spiro atoms. The van der Waals surface area contributed by atoms with Crippen molar-refractivity contribution < 1.29 is 9.90 Å². The molecule has 2 heteroatoms. The molecule has 0 saturated heterocycles. The number of unbranched alkanes of at least 4 members (excludes halogenated alkanes) is 3. The van der Waals surface area contributed by atoms with Crippen LogP contribution in [0.1, 0.15) is 46.0 Å². The number of aliphatic carboxylic acids is 1. The van der Waals surface area contributed by atoms with Crippen LogP contribution in [0.3, 0.4) is 0 Å². The maximum Gasteiger partial charge on any atom is 0.328 e. The lowest BCUT2D eigenvalue weighted by Gasteiger charge is -2.02. The summed E-state index contributed by atoms with van der Waals surface area (Å²) in [6.07, 6.45) is 12.7. The Hall–Kier alpha value is -1.05. The molecule has 0 bridgehead atoms. The van der Waals surface area contributed by atoms with Crippen molar-refractivity contribution in [3.8, 4) is 0 Å². The van der Waals surface area contributed by atoms with Gasteiger partial charge in [0.1, 0.15) is 0 Å². The standard InChI is InChI=1S/C13H22O2/c1-12(2)10-8-6-4-3-5-7-9-11-13(14)15/h5,7,9,11-12H,3-4,6,8,10H2,1-2H3,(H,14,15). The highest BCUT2D eigenvalue weighted by Crippen LogP contribution is 2.09. The van der Waals surface area contributed by atoms with E-state index in [1.807, 2.05) is 6.08 Å². The summed E-state index contributed by atoms with van der Waals surface area (Å²) >= 11 is 0. The molecule has 0 aliphatic heterocycles. The average molecular weight is 210 g/mol. The summed E-state index contributed by atoms with van der Waals surface area (Å²) in [6, 6.07) is 0. The highest BCUT2D eigenvalue weighted by molar-refractivity contribution is 5.80. The van der Waals surface area contributed by atoms with Crippen molar-refractivity contribution in [2.75, 3.05) is 0 Å². The van der Waals surface area contributed by atoms with E-state index in [2.05, 4.69) is 13.8 Å². The Kier molecular flexibility index (Phi) is 8.84. The van der Waals surface area contributed by atoms with Gasteiger partial charge in [0.05, 0.1) is 0 Å². The van der Waals surface area contributed by atoms with Crippen molar-refractivity contribution in [3.63, 3.8) is 0 Å². The Morgan fingerprint density at radius 2 is 1.93 bits per heavy atom. The van der Waals surface area contributed by atoms with Crippen LogP contribution in [0.5, 0.6) is 0 Å². The highest BCUT2D eigenvalue weighted by atomic mass is 16.4. The van der Waals surface area contributed by atoms with Crippen molar-refractivity contribution in [2.45, 2.75) is 46.0 Å². The number of carboxylic acid groups (broad SMARTS) is 1. The molecule has 0 radical (unpaired) electrons. The summed E-state index contributed by atoms with van der Waals surface area (Å²) in [5, 5.41) is 8.32. The maximum atomic E-state index is 10.1. The van der Waals surface area contributed by atoms with Gasteiger partial charge in [-0.05, 0) is 18.8 Å². The van der Waals surface area contributed by atoms with E-state index in [0.29, 0.717) is 0 Å². The van der Waals surface area contributed by atoms with Gasteiger partial charge in [0, 0.05) is 6.08 Å². The van der Waals surface area contributed by atoms with Crippen molar-refractivity contribution >= 4 is 5.97 Å². The third-order valence-corrected chi connectivity index (χ3v) is 2.14. The van der Waals surface area contributed by atoms with Gasteiger partial charge in [-0.1, -0.05) is 51.3 Å². The van der Waals surface area contributed by atoms with Crippen LogP contribution in [0.4, 0.5) is 0 Å². The Balaban J connectivity index is 3.27. The van der Waals surface area contributed by atoms with Gasteiger partial charge >= 0.3 is 5.97 Å². The number of hydrogen-bond acceptors (Lipinski definition) is 1. The van der Waals surface area contributed by atoms with Gasteiger partial charge < -0.3 is 5.11 Å². The van der Waals surface area contributed by atoms with Gasteiger partial charge in [-0.15, -0.1) is 0 Å². The van der Waals surface area contributed by atoms with Crippen LogP contribution >= 0.6 is 0 Å². The second-order valence-corrected chi connectivity index (χ2v) is 4.16. The molecule has 0 unspecified atom stereocenters. The minimum atomic E-state index is -0.892. The number of hydrogen-bond donors (Lipinski definition) is 1. The average Bonchev–Trinajstić information content (AvgIpc) is 2.14. The van der Waals surface area contributed by atoms with E-state index in [1.165, 1.54) is 25.7 Å². The highest BCUT2D eigenvalue weighted by Gasteiger charge is 1.92. The molecular weight excluding hydrogens is 188 g/mol. The van der Waals surface area contributed by atoms with Crippen LogP contribution in [0, 0.1) is 5.92 Å². The lowest BCUT2D eigenvalue weighted by molar-refractivity contribution is -0.131. The molecule has 0 aromatic carbocycles. The summed E-state index contributed by atoms with van der Waals surface area (Å²) in [4.78, 5) is 10.1. The van der Waals surface area contributed by atoms with Crippen LogP contribution in [0.2, 0.25) is 0 Å². The number of allylic oxidation sites excluding steroid dienone is 3. The van der Waals surface area contributed by atoms with E-state index in [-0.39, 0.29) is 0 Å². The van der Waals surface area contributed by atoms with Crippen molar-refractivity contribution in [1.82, 2.24) is 0 Å². The zero-order valence-electron chi connectivity index (χ0n) is 9.78. The predicted octanol–water partition coefficient (Wildman–Crippen LogP) is 3.79. The molecule has 0 heterocycles. The first-order valence-corrected chi connectivity index (χ1v) is 5.69. The van der Waals surface area contributed by atoms with Gasteiger partial charge in [0.15, 0.2) is 0 Å². The van der Waals surface area contributed by atoms with E-state index >= 15 is 0 Å². The number of carbonyl (C=O) groups is 1. The minimum absolute atomic E-state index is 0.805. The van der Waals surface area contributed by atoms with Crippen molar-refractivity contribution in [3.05, 3.63) is 24.3 Å². The zero-order valence-corrected chi connectivity index (χ0v) is 9.78.